The Morgan fingerprint density at radius 1 is 1.75 bits per heavy atom. The third-order valence-corrected chi connectivity index (χ3v) is 2.12. The van der Waals surface area contributed by atoms with Crippen molar-refractivity contribution in [1.82, 2.24) is 0 Å². The second-order valence-corrected chi connectivity index (χ2v) is 4.14. The molecule has 0 aliphatic rings. The van der Waals surface area contributed by atoms with Crippen molar-refractivity contribution in [3.05, 3.63) is 11.6 Å². The van der Waals surface area contributed by atoms with Gasteiger partial charge in [0.1, 0.15) is 0 Å². The summed E-state index contributed by atoms with van der Waals surface area (Å²) in [7, 11) is 0.832. The lowest BCUT2D eigenvalue weighted by Gasteiger charge is -1.84. The van der Waals surface area contributed by atoms with E-state index in [1.807, 2.05) is 13.8 Å². The van der Waals surface area contributed by atoms with E-state index in [-0.39, 0.29) is 8.15 Å². The van der Waals surface area contributed by atoms with Crippen molar-refractivity contribution in [2.45, 2.75) is 13.8 Å². The van der Waals surface area contributed by atoms with Crippen molar-refractivity contribution in [1.29, 1.82) is 0 Å². The Morgan fingerprint density at radius 2 is 2.38 bits per heavy atom. The Hall–Kier alpha value is 0.270. The first kappa shape index (κ1) is 8.27. The van der Waals surface area contributed by atoms with Crippen LogP contribution in [-0.2, 0) is 4.57 Å². The van der Waals surface area contributed by atoms with E-state index in [9.17, 15) is 4.57 Å². The summed E-state index contributed by atoms with van der Waals surface area (Å²) in [6.45, 7) is 4.10. The molecular formula is C5H10OP2. The van der Waals surface area contributed by atoms with Gasteiger partial charge in [-0.1, -0.05) is 11.6 Å². The molecule has 0 aromatic rings. The monoisotopic (exact) mass is 148 g/mol. The number of rotatable bonds is 3. The molecule has 3 heteroatoms. The minimum atomic E-state index is 0.284. The van der Waals surface area contributed by atoms with Gasteiger partial charge in [0.25, 0.3) is 0 Å². The summed E-state index contributed by atoms with van der Waals surface area (Å²) in [5.41, 5.74) is 1.31. The summed E-state index contributed by atoms with van der Waals surface area (Å²) in [5.74, 6) is 0. The van der Waals surface area contributed by atoms with E-state index in [1.165, 1.54) is 5.57 Å². The van der Waals surface area contributed by atoms with E-state index in [0.29, 0.717) is 8.27 Å². The van der Waals surface area contributed by atoms with Crippen LogP contribution in [0, 0.1) is 0 Å². The normalized spacial score (nSPS) is 10.8. The molecule has 0 radical (unpaired) electrons. The van der Waals surface area contributed by atoms with Crippen LogP contribution < -0.4 is 0 Å². The molecule has 0 fully saturated rings. The maximum absolute atomic E-state index is 9.87. The molecule has 8 heavy (non-hydrogen) atoms. The zero-order chi connectivity index (χ0) is 6.41. The molecule has 1 atom stereocenters. The summed E-state index contributed by atoms with van der Waals surface area (Å²) in [6.07, 6.45) is 3.07. The molecule has 0 aliphatic heterocycles. The fraction of sp³-hybridized carbons (Fsp3) is 0.600. The largest absolute Gasteiger partial charge is 0.270 e. The van der Waals surface area contributed by atoms with E-state index in [2.05, 4.69) is 6.08 Å². The van der Waals surface area contributed by atoms with Crippen molar-refractivity contribution in [3.8, 4) is 0 Å². The molecule has 0 amide bonds. The van der Waals surface area contributed by atoms with Gasteiger partial charge in [0.05, 0.1) is 0 Å². The van der Waals surface area contributed by atoms with Crippen LogP contribution >= 0.6 is 16.4 Å². The van der Waals surface area contributed by atoms with Gasteiger partial charge in [0.15, 0.2) is 8.15 Å². The fourth-order valence-electron chi connectivity index (χ4n) is 0.287. The van der Waals surface area contributed by atoms with Crippen molar-refractivity contribution in [2.75, 3.05) is 6.16 Å². The molecule has 0 aromatic carbocycles. The molecular weight excluding hydrogens is 138 g/mol. The SMILES string of the molecule is CC(C)=CCPP=O. The summed E-state index contributed by atoms with van der Waals surface area (Å²) >= 11 is 0. The van der Waals surface area contributed by atoms with Crippen molar-refractivity contribution in [2.24, 2.45) is 0 Å². The highest BCUT2D eigenvalue weighted by molar-refractivity contribution is 8.05. The molecule has 0 bridgehead atoms. The maximum atomic E-state index is 9.87. The average Bonchev–Trinajstić information content (AvgIpc) is 1.66. The topological polar surface area (TPSA) is 17.1 Å². The van der Waals surface area contributed by atoms with E-state index in [1.54, 1.807) is 0 Å². The molecule has 46 valence electrons. The number of allylic oxidation sites excluding steroid dienone is 2. The molecule has 0 saturated heterocycles. The predicted molar refractivity (Wildman–Crippen MR) is 40.2 cm³/mol. The Morgan fingerprint density at radius 3 is 2.75 bits per heavy atom. The third kappa shape index (κ3) is 6.27. The average molecular weight is 148 g/mol. The van der Waals surface area contributed by atoms with Crippen molar-refractivity contribution >= 4 is 16.4 Å². The van der Waals surface area contributed by atoms with Gasteiger partial charge < -0.3 is 0 Å². The zero-order valence-corrected chi connectivity index (χ0v) is 7.03. The van der Waals surface area contributed by atoms with Crippen molar-refractivity contribution in [3.63, 3.8) is 0 Å². The quantitative estimate of drug-likeness (QED) is 0.341. The second kappa shape index (κ2) is 5.41. The molecule has 0 aromatic heterocycles. The molecule has 1 nitrogen and oxygen atoms in total. The van der Waals surface area contributed by atoms with Crippen LogP contribution in [0.3, 0.4) is 0 Å². The number of hydrogen-bond donors (Lipinski definition) is 0. The van der Waals surface area contributed by atoms with Crippen LogP contribution in [0.25, 0.3) is 0 Å². The van der Waals surface area contributed by atoms with Crippen LogP contribution in [0.2, 0.25) is 0 Å². The second-order valence-electron chi connectivity index (χ2n) is 1.73. The smallest absolute Gasteiger partial charge is 0.178 e. The maximum Gasteiger partial charge on any atom is 0.178 e. The number of hydrogen-bond acceptors (Lipinski definition) is 1. The molecule has 0 aliphatic carbocycles. The Labute approximate surface area is 53.4 Å². The van der Waals surface area contributed by atoms with Crippen LogP contribution in [-0.4, -0.2) is 6.16 Å². The first-order chi connectivity index (χ1) is 3.77. The first-order valence-electron chi connectivity index (χ1n) is 2.46. The highest BCUT2D eigenvalue weighted by atomic mass is 32.0. The summed E-state index contributed by atoms with van der Waals surface area (Å²) in [6, 6.07) is 0. The van der Waals surface area contributed by atoms with Gasteiger partial charge in [-0.3, -0.25) is 4.57 Å². The molecule has 0 rings (SSSR count). The fourth-order valence-corrected chi connectivity index (χ4v) is 1.36. The Balaban J connectivity index is 3.15. The molecule has 0 N–H and O–H groups in total. The molecule has 1 unspecified atom stereocenters. The van der Waals surface area contributed by atoms with Gasteiger partial charge in [-0.25, -0.2) is 0 Å². The summed E-state index contributed by atoms with van der Waals surface area (Å²) in [5, 5.41) is 0. The van der Waals surface area contributed by atoms with E-state index in [4.69, 9.17) is 0 Å². The Kier molecular flexibility index (Phi) is 5.59. The van der Waals surface area contributed by atoms with Gasteiger partial charge in [0.2, 0.25) is 0 Å². The minimum Gasteiger partial charge on any atom is -0.270 e. The van der Waals surface area contributed by atoms with Crippen molar-refractivity contribution < 1.29 is 4.57 Å². The molecule has 0 heterocycles. The van der Waals surface area contributed by atoms with Gasteiger partial charge in [-0.2, -0.15) is 0 Å². The lowest BCUT2D eigenvalue weighted by atomic mass is 10.3. The van der Waals surface area contributed by atoms with E-state index >= 15 is 0 Å². The van der Waals surface area contributed by atoms with Gasteiger partial charge >= 0.3 is 0 Å². The minimum absolute atomic E-state index is 0.284. The molecule has 0 saturated carbocycles. The zero-order valence-electron chi connectivity index (χ0n) is 5.14. The van der Waals surface area contributed by atoms with E-state index < -0.39 is 0 Å². The molecule has 0 spiro atoms. The van der Waals surface area contributed by atoms with Gasteiger partial charge in [-0.15, -0.1) is 0 Å². The summed E-state index contributed by atoms with van der Waals surface area (Å²) in [4.78, 5) is 0. The Bertz CT molecular complexity index is 94.6. The standard InChI is InChI=1S/C5H10OP2/c1-5(2)3-4-7-8-6/h3,7H,4H2,1-2H3. The highest BCUT2D eigenvalue weighted by Gasteiger charge is 1.78. The van der Waals surface area contributed by atoms with Crippen LogP contribution in [0.1, 0.15) is 13.8 Å². The highest BCUT2D eigenvalue weighted by Crippen LogP contribution is 2.25. The predicted octanol–water partition coefficient (Wildman–Crippen LogP) is 2.84. The lowest BCUT2D eigenvalue weighted by Crippen LogP contribution is -1.64. The van der Waals surface area contributed by atoms with Crippen LogP contribution in [0.5, 0.6) is 0 Å². The first-order valence-corrected chi connectivity index (χ1v) is 5.32. The third-order valence-electron chi connectivity index (χ3n) is 0.666. The van der Waals surface area contributed by atoms with Crippen LogP contribution in [0.15, 0.2) is 11.6 Å². The van der Waals surface area contributed by atoms with Gasteiger partial charge in [-0.05, 0) is 28.3 Å². The van der Waals surface area contributed by atoms with Crippen LogP contribution in [0.4, 0.5) is 0 Å². The van der Waals surface area contributed by atoms with E-state index in [0.717, 1.165) is 6.16 Å². The summed E-state index contributed by atoms with van der Waals surface area (Å²) < 4.78 is 9.87. The van der Waals surface area contributed by atoms with Gasteiger partial charge in [0, 0.05) is 0 Å². The lowest BCUT2D eigenvalue weighted by molar-refractivity contribution is 0.605.